The summed E-state index contributed by atoms with van der Waals surface area (Å²) in [5, 5.41) is 12.4. The van der Waals surface area contributed by atoms with E-state index in [0.29, 0.717) is 25.1 Å². The molecule has 0 bridgehead atoms. The first kappa shape index (κ1) is 23.7. The third-order valence-electron chi connectivity index (χ3n) is 7.40. The van der Waals surface area contributed by atoms with Crippen LogP contribution in [-0.2, 0) is 14.3 Å². The van der Waals surface area contributed by atoms with Crippen LogP contribution in [0.1, 0.15) is 42.7 Å². The predicted octanol–water partition coefficient (Wildman–Crippen LogP) is 4.11. The molecule has 1 aliphatic heterocycles. The Balaban J connectivity index is 1.12. The van der Waals surface area contributed by atoms with Crippen LogP contribution in [0.15, 0.2) is 48.5 Å². The van der Waals surface area contributed by atoms with Gasteiger partial charge in [-0.1, -0.05) is 48.5 Å². The molecule has 2 N–H and O–H groups in total. The number of hydrogen-bond acceptors (Lipinski definition) is 5. The third kappa shape index (κ3) is 5.03. The van der Waals surface area contributed by atoms with Crippen LogP contribution >= 0.6 is 11.8 Å². The summed E-state index contributed by atoms with van der Waals surface area (Å²) in [5.41, 5.74) is 4.74. The van der Waals surface area contributed by atoms with Gasteiger partial charge in [0.2, 0.25) is 5.91 Å². The van der Waals surface area contributed by atoms with Crippen LogP contribution in [0, 0.1) is 5.92 Å². The van der Waals surface area contributed by atoms with Crippen molar-refractivity contribution < 1.29 is 24.2 Å². The molecule has 1 saturated carbocycles. The lowest BCUT2D eigenvalue weighted by Gasteiger charge is -2.33. The van der Waals surface area contributed by atoms with E-state index in [-0.39, 0.29) is 30.4 Å². The highest BCUT2D eigenvalue weighted by Crippen LogP contribution is 2.44. The van der Waals surface area contributed by atoms with Crippen LogP contribution < -0.4 is 5.32 Å². The van der Waals surface area contributed by atoms with Gasteiger partial charge in [0.15, 0.2) is 0 Å². The summed E-state index contributed by atoms with van der Waals surface area (Å²) >= 11 is 1.57. The number of thioether (sulfide) groups is 1. The van der Waals surface area contributed by atoms with E-state index < -0.39 is 18.1 Å². The molecule has 3 aliphatic rings. The molecule has 2 fully saturated rings. The maximum atomic E-state index is 12.8. The van der Waals surface area contributed by atoms with Gasteiger partial charge >= 0.3 is 12.1 Å². The zero-order chi connectivity index (χ0) is 24.4. The Morgan fingerprint density at radius 2 is 1.71 bits per heavy atom. The lowest BCUT2D eigenvalue weighted by atomic mass is 9.98. The minimum atomic E-state index is -0.938. The zero-order valence-electron chi connectivity index (χ0n) is 19.5. The smallest absolute Gasteiger partial charge is 0.407 e. The van der Waals surface area contributed by atoms with Crippen LogP contribution in [0.3, 0.4) is 0 Å². The number of carboxylic acid groups (broad SMARTS) is 1. The summed E-state index contributed by atoms with van der Waals surface area (Å²) in [4.78, 5) is 38.4. The number of alkyl carbamates (subject to hydrolysis) is 1. The van der Waals surface area contributed by atoms with Crippen molar-refractivity contribution in [3.63, 3.8) is 0 Å². The van der Waals surface area contributed by atoms with Crippen LogP contribution in [0.5, 0.6) is 0 Å². The van der Waals surface area contributed by atoms with Gasteiger partial charge in [-0.25, -0.2) is 9.59 Å². The number of rotatable bonds is 6. The zero-order valence-corrected chi connectivity index (χ0v) is 20.3. The standard InChI is InChI=1S/C27H30N2O5S/c30-25(29-11-12-35-16-24(29)26(31)32)14-17-9-10-18(13-17)28-27(33)34-15-23-21-7-3-1-5-19(21)20-6-2-4-8-22(20)23/h1-8,17-18,23-24H,9-16H2,(H,28,33)(H,31,32). The number of fused-ring (bicyclic) bond motifs is 3. The molecule has 8 heteroatoms. The van der Waals surface area contributed by atoms with E-state index in [1.807, 2.05) is 24.3 Å². The Kier molecular flexibility index (Phi) is 7.00. The fourth-order valence-corrected chi connectivity index (χ4v) is 6.71. The summed E-state index contributed by atoms with van der Waals surface area (Å²) in [6.07, 6.45) is 2.23. The Labute approximate surface area is 209 Å². The number of ether oxygens (including phenoxy) is 1. The number of benzene rings is 2. The van der Waals surface area contributed by atoms with Crippen molar-refractivity contribution in [2.24, 2.45) is 5.92 Å². The summed E-state index contributed by atoms with van der Waals surface area (Å²) in [5.74, 6) is 0.345. The second kappa shape index (κ2) is 10.3. The van der Waals surface area contributed by atoms with Crippen molar-refractivity contribution >= 4 is 29.7 Å². The van der Waals surface area contributed by atoms with Gasteiger partial charge in [-0.15, -0.1) is 0 Å². The van der Waals surface area contributed by atoms with Gasteiger partial charge in [-0.3, -0.25) is 4.79 Å². The fraction of sp³-hybridized carbons (Fsp3) is 0.444. The second-order valence-electron chi connectivity index (χ2n) is 9.57. The molecule has 5 rings (SSSR count). The number of carboxylic acids is 1. The molecule has 2 aliphatic carbocycles. The molecule has 1 heterocycles. The van der Waals surface area contributed by atoms with Crippen molar-refractivity contribution in [2.75, 3.05) is 24.7 Å². The van der Waals surface area contributed by atoms with Gasteiger partial charge in [0.1, 0.15) is 12.6 Å². The Morgan fingerprint density at radius 3 is 2.40 bits per heavy atom. The van der Waals surface area contributed by atoms with E-state index in [0.717, 1.165) is 18.6 Å². The highest BCUT2D eigenvalue weighted by Gasteiger charge is 2.35. The molecule has 35 heavy (non-hydrogen) atoms. The molecule has 2 aromatic rings. The van der Waals surface area contributed by atoms with Crippen LogP contribution in [0.4, 0.5) is 4.79 Å². The first-order valence-corrected chi connectivity index (χ1v) is 13.4. The first-order valence-electron chi connectivity index (χ1n) is 12.2. The number of carbonyl (C=O) groups is 3. The largest absolute Gasteiger partial charge is 0.480 e. The predicted molar refractivity (Wildman–Crippen MR) is 134 cm³/mol. The monoisotopic (exact) mass is 494 g/mol. The minimum Gasteiger partial charge on any atom is -0.480 e. The average molecular weight is 495 g/mol. The van der Waals surface area contributed by atoms with Gasteiger partial charge in [0.25, 0.3) is 0 Å². The van der Waals surface area contributed by atoms with Gasteiger partial charge < -0.3 is 20.1 Å². The first-order chi connectivity index (χ1) is 17.0. The van der Waals surface area contributed by atoms with Crippen molar-refractivity contribution in [3.05, 3.63) is 59.7 Å². The molecule has 0 spiro atoms. The van der Waals surface area contributed by atoms with Crippen LogP contribution in [-0.4, -0.2) is 64.7 Å². The Morgan fingerprint density at radius 1 is 1.03 bits per heavy atom. The SMILES string of the molecule is O=C(NC1CCC(CC(=O)N2CCSCC2C(=O)O)C1)OCC1c2ccccc2-c2ccccc21. The lowest BCUT2D eigenvalue weighted by molar-refractivity contribution is -0.149. The molecule has 2 amide bonds. The molecular weight excluding hydrogens is 464 g/mol. The van der Waals surface area contributed by atoms with Crippen molar-refractivity contribution in [3.8, 4) is 11.1 Å². The maximum absolute atomic E-state index is 12.8. The summed E-state index contributed by atoms with van der Waals surface area (Å²) in [6, 6.07) is 15.7. The molecule has 184 valence electrons. The molecule has 1 saturated heterocycles. The molecule has 3 unspecified atom stereocenters. The van der Waals surface area contributed by atoms with Gasteiger partial charge in [0.05, 0.1) is 0 Å². The number of nitrogens with one attached hydrogen (secondary N) is 1. The summed E-state index contributed by atoms with van der Waals surface area (Å²) < 4.78 is 5.66. The number of hydrogen-bond donors (Lipinski definition) is 2. The molecular formula is C27H30N2O5S. The van der Waals surface area contributed by atoms with Crippen LogP contribution in [0.2, 0.25) is 0 Å². The Bertz CT molecular complexity index is 1080. The highest BCUT2D eigenvalue weighted by molar-refractivity contribution is 7.99. The molecule has 0 radical (unpaired) electrons. The van der Waals surface area contributed by atoms with Gasteiger partial charge in [-0.2, -0.15) is 11.8 Å². The average Bonchev–Trinajstić information content (AvgIpc) is 3.44. The van der Waals surface area contributed by atoms with E-state index in [1.165, 1.54) is 27.2 Å². The van der Waals surface area contributed by atoms with Gasteiger partial charge in [-0.05, 0) is 47.4 Å². The number of carbonyl (C=O) groups excluding carboxylic acids is 2. The number of aliphatic carboxylic acids is 1. The van der Waals surface area contributed by atoms with E-state index >= 15 is 0 Å². The molecule has 7 nitrogen and oxygen atoms in total. The maximum Gasteiger partial charge on any atom is 0.407 e. The van der Waals surface area contributed by atoms with E-state index in [4.69, 9.17) is 4.74 Å². The molecule has 0 aromatic heterocycles. The Hall–Kier alpha value is -3.00. The lowest BCUT2D eigenvalue weighted by Crippen LogP contribution is -2.50. The number of amides is 2. The highest BCUT2D eigenvalue weighted by atomic mass is 32.2. The van der Waals surface area contributed by atoms with E-state index in [2.05, 4.69) is 29.6 Å². The number of nitrogens with zero attached hydrogens (tertiary/aromatic N) is 1. The minimum absolute atomic E-state index is 0.0204. The van der Waals surface area contributed by atoms with E-state index in [9.17, 15) is 19.5 Å². The third-order valence-corrected chi connectivity index (χ3v) is 8.43. The molecule has 3 atom stereocenters. The van der Waals surface area contributed by atoms with E-state index in [1.54, 1.807) is 11.8 Å². The van der Waals surface area contributed by atoms with Crippen molar-refractivity contribution in [1.82, 2.24) is 10.2 Å². The normalized spacial score (nSPS) is 23.4. The summed E-state index contributed by atoms with van der Waals surface area (Å²) in [7, 11) is 0. The van der Waals surface area contributed by atoms with Crippen molar-refractivity contribution in [1.29, 1.82) is 0 Å². The fourth-order valence-electron chi connectivity index (χ4n) is 5.67. The van der Waals surface area contributed by atoms with Crippen molar-refractivity contribution in [2.45, 2.75) is 43.7 Å². The van der Waals surface area contributed by atoms with Crippen LogP contribution in [0.25, 0.3) is 11.1 Å². The quantitative estimate of drug-likeness (QED) is 0.628. The second-order valence-corrected chi connectivity index (χ2v) is 10.7. The topological polar surface area (TPSA) is 95.9 Å². The summed E-state index contributed by atoms with van der Waals surface area (Å²) in [6.45, 7) is 0.757. The van der Waals surface area contributed by atoms with Gasteiger partial charge in [0, 0.05) is 36.4 Å². The molecule has 2 aromatic carbocycles.